The van der Waals surface area contributed by atoms with Gasteiger partial charge in [-0.05, 0) is 29.8 Å². The molecule has 98 valence electrons. The molecular weight excluding hydrogens is 244 g/mol. The Morgan fingerprint density at radius 1 is 1.47 bits per heavy atom. The van der Waals surface area contributed by atoms with Crippen LogP contribution < -0.4 is 4.74 Å². The van der Waals surface area contributed by atoms with Crippen LogP contribution in [0.2, 0.25) is 0 Å². The first-order valence-corrected chi connectivity index (χ1v) is 5.76. The lowest BCUT2D eigenvalue weighted by Crippen LogP contribution is -1.98. The van der Waals surface area contributed by atoms with Crippen molar-refractivity contribution in [1.29, 1.82) is 0 Å². The third-order valence-corrected chi connectivity index (χ3v) is 2.43. The minimum Gasteiger partial charge on any atom is -0.487 e. The van der Waals surface area contributed by atoms with E-state index in [4.69, 9.17) is 9.84 Å². The van der Waals surface area contributed by atoms with E-state index in [1.165, 1.54) is 6.08 Å². The summed E-state index contributed by atoms with van der Waals surface area (Å²) in [5.74, 6) is -0.294. The second-order valence-electron chi connectivity index (χ2n) is 4.01. The van der Waals surface area contributed by atoms with Crippen molar-refractivity contribution in [2.75, 3.05) is 0 Å². The summed E-state index contributed by atoms with van der Waals surface area (Å²) in [5, 5.41) is 12.8. The van der Waals surface area contributed by atoms with Crippen LogP contribution in [0.5, 0.6) is 5.75 Å². The van der Waals surface area contributed by atoms with Crippen LogP contribution in [-0.2, 0) is 18.4 Å². The van der Waals surface area contributed by atoms with Crippen molar-refractivity contribution in [3.8, 4) is 5.75 Å². The summed E-state index contributed by atoms with van der Waals surface area (Å²) in [4.78, 5) is 10.4. The molecule has 0 fully saturated rings. The number of hydrogen-bond donors (Lipinski definition) is 1. The van der Waals surface area contributed by atoms with Gasteiger partial charge in [0.05, 0.1) is 5.69 Å². The molecule has 0 radical (unpaired) electrons. The second-order valence-corrected chi connectivity index (χ2v) is 4.01. The molecule has 0 atom stereocenters. The Labute approximate surface area is 110 Å². The minimum atomic E-state index is -0.972. The summed E-state index contributed by atoms with van der Waals surface area (Å²) in [6.07, 6.45) is 4.47. The van der Waals surface area contributed by atoms with Crippen LogP contribution in [0.3, 0.4) is 0 Å². The van der Waals surface area contributed by atoms with E-state index in [-0.39, 0.29) is 0 Å². The first-order chi connectivity index (χ1) is 9.13. The van der Waals surface area contributed by atoms with Gasteiger partial charge in [0.2, 0.25) is 0 Å². The molecule has 5 heteroatoms. The van der Waals surface area contributed by atoms with Crippen molar-refractivity contribution in [3.63, 3.8) is 0 Å². The minimum absolute atomic E-state index is 0.382. The zero-order valence-electron chi connectivity index (χ0n) is 10.5. The molecule has 0 spiro atoms. The first kappa shape index (κ1) is 12.9. The predicted octanol–water partition coefficient (Wildman–Crippen LogP) is 2.10. The SMILES string of the molecule is Cn1ccc(COc2cccc(/C=C/C(=O)O)c2)n1. The molecule has 1 aromatic heterocycles. The van der Waals surface area contributed by atoms with Crippen LogP contribution in [0.4, 0.5) is 0 Å². The van der Waals surface area contributed by atoms with Crippen LogP contribution >= 0.6 is 0 Å². The standard InChI is InChI=1S/C14H14N2O3/c1-16-8-7-12(15-16)10-19-13-4-2-3-11(9-13)5-6-14(17)18/h2-9H,10H2,1H3,(H,17,18)/b6-5+. The normalized spacial score (nSPS) is 10.8. The average molecular weight is 258 g/mol. The molecule has 19 heavy (non-hydrogen) atoms. The van der Waals surface area contributed by atoms with Gasteiger partial charge in [-0.2, -0.15) is 5.10 Å². The highest BCUT2D eigenvalue weighted by Crippen LogP contribution is 2.15. The molecule has 0 amide bonds. The number of aryl methyl sites for hydroxylation is 1. The summed E-state index contributed by atoms with van der Waals surface area (Å²) in [5.41, 5.74) is 1.62. The number of hydrogen-bond acceptors (Lipinski definition) is 3. The molecule has 5 nitrogen and oxygen atoms in total. The Hall–Kier alpha value is -2.56. The van der Waals surface area contributed by atoms with Crippen LogP contribution in [0.15, 0.2) is 42.6 Å². The summed E-state index contributed by atoms with van der Waals surface area (Å²) in [6, 6.07) is 9.11. The van der Waals surface area contributed by atoms with E-state index in [0.29, 0.717) is 12.4 Å². The number of benzene rings is 1. The quantitative estimate of drug-likeness (QED) is 0.834. The van der Waals surface area contributed by atoms with Gasteiger partial charge >= 0.3 is 5.97 Å². The fourth-order valence-corrected chi connectivity index (χ4v) is 1.57. The Morgan fingerprint density at radius 3 is 3.00 bits per heavy atom. The van der Waals surface area contributed by atoms with Crippen molar-refractivity contribution >= 4 is 12.0 Å². The number of aromatic nitrogens is 2. The summed E-state index contributed by atoms with van der Waals surface area (Å²) in [6.45, 7) is 0.382. The van der Waals surface area contributed by atoms with E-state index in [2.05, 4.69) is 5.10 Å². The molecular formula is C14H14N2O3. The van der Waals surface area contributed by atoms with Gasteiger partial charge in [-0.1, -0.05) is 12.1 Å². The second kappa shape index (κ2) is 5.86. The lowest BCUT2D eigenvalue weighted by molar-refractivity contribution is -0.131. The predicted molar refractivity (Wildman–Crippen MR) is 70.7 cm³/mol. The molecule has 1 aromatic carbocycles. The average Bonchev–Trinajstić information content (AvgIpc) is 2.80. The lowest BCUT2D eigenvalue weighted by atomic mass is 10.2. The van der Waals surface area contributed by atoms with E-state index in [0.717, 1.165) is 17.3 Å². The number of carboxylic acid groups (broad SMARTS) is 1. The number of aliphatic carboxylic acids is 1. The molecule has 2 rings (SSSR count). The molecule has 0 saturated heterocycles. The van der Waals surface area contributed by atoms with E-state index in [1.807, 2.05) is 37.5 Å². The van der Waals surface area contributed by atoms with Crippen LogP contribution in [0.1, 0.15) is 11.3 Å². The molecule has 0 aliphatic rings. The fraction of sp³-hybridized carbons (Fsp3) is 0.143. The van der Waals surface area contributed by atoms with Gasteiger partial charge in [0.1, 0.15) is 12.4 Å². The molecule has 0 unspecified atom stereocenters. The molecule has 0 saturated carbocycles. The van der Waals surface area contributed by atoms with Crippen molar-refractivity contribution in [1.82, 2.24) is 9.78 Å². The molecule has 0 aliphatic carbocycles. The molecule has 2 aromatic rings. The fourth-order valence-electron chi connectivity index (χ4n) is 1.57. The zero-order chi connectivity index (χ0) is 13.7. The highest BCUT2D eigenvalue weighted by Gasteiger charge is 1.99. The maximum atomic E-state index is 10.4. The van der Waals surface area contributed by atoms with E-state index < -0.39 is 5.97 Å². The first-order valence-electron chi connectivity index (χ1n) is 5.76. The Kier molecular flexibility index (Phi) is 3.97. The Bertz CT molecular complexity index is 602. The van der Waals surface area contributed by atoms with Crippen molar-refractivity contribution in [2.45, 2.75) is 6.61 Å². The van der Waals surface area contributed by atoms with Gasteiger partial charge in [0.25, 0.3) is 0 Å². The van der Waals surface area contributed by atoms with Crippen LogP contribution in [0.25, 0.3) is 6.08 Å². The number of rotatable bonds is 5. The van der Waals surface area contributed by atoms with Gasteiger partial charge in [-0.15, -0.1) is 0 Å². The number of carboxylic acids is 1. The third kappa shape index (κ3) is 3.99. The Morgan fingerprint density at radius 2 is 2.32 bits per heavy atom. The van der Waals surface area contributed by atoms with Gasteiger partial charge < -0.3 is 9.84 Å². The zero-order valence-corrected chi connectivity index (χ0v) is 10.5. The van der Waals surface area contributed by atoms with Gasteiger partial charge in [0.15, 0.2) is 0 Å². The highest BCUT2D eigenvalue weighted by molar-refractivity contribution is 5.85. The summed E-state index contributed by atoms with van der Waals surface area (Å²) in [7, 11) is 1.85. The lowest BCUT2D eigenvalue weighted by Gasteiger charge is -2.04. The smallest absolute Gasteiger partial charge is 0.328 e. The summed E-state index contributed by atoms with van der Waals surface area (Å²) >= 11 is 0. The highest BCUT2D eigenvalue weighted by atomic mass is 16.5. The van der Waals surface area contributed by atoms with Crippen LogP contribution in [0, 0.1) is 0 Å². The largest absolute Gasteiger partial charge is 0.487 e. The molecule has 0 aliphatic heterocycles. The monoisotopic (exact) mass is 258 g/mol. The summed E-state index contributed by atoms with van der Waals surface area (Å²) < 4.78 is 7.31. The number of ether oxygens (including phenoxy) is 1. The van der Waals surface area contributed by atoms with Crippen molar-refractivity contribution in [2.24, 2.45) is 7.05 Å². The Balaban J connectivity index is 2.00. The molecule has 1 N–H and O–H groups in total. The maximum absolute atomic E-state index is 10.4. The number of nitrogens with zero attached hydrogens (tertiary/aromatic N) is 2. The molecule has 0 bridgehead atoms. The van der Waals surface area contributed by atoms with Gasteiger partial charge in [-0.3, -0.25) is 4.68 Å². The van der Waals surface area contributed by atoms with Gasteiger partial charge in [-0.25, -0.2) is 4.79 Å². The molecule has 1 heterocycles. The van der Waals surface area contributed by atoms with Crippen molar-refractivity contribution in [3.05, 3.63) is 53.9 Å². The maximum Gasteiger partial charge on any atom is 0.328 e. The third-order valence-electron chi connectivity index (χ3n) is 2.43. The number of carbonyl (C=O) groups is 1. The topological polar surface area (TPSA) is 64.3 Å². The van der Waals surface area contributed by atoms with Crippen molar-refractivity contribution < 1.29 is 14.6 Å². The van der Waals surface area contributed by atoms with E-state index >= 15 is 0 Å². The van der Waals surface area contributed by atoms with Crippen LogP contribution in [-0.4, -0.2) is 20.9 Å². The van der Waals surface area contributed by atoms with Gasteiger partial charge in [0, 0.05) is 19.3 Å². The van der Waals surface area contributed by atoms with E-state index in [1.54, 1.807) is 10.7 Å². The van der Waals surface area contributed by atoms with E-state index in [9.17, 15) is 4.79 Å².